The highest BCUT2D eigenvalue weighted by molar-refractivity contribution is 5.79. The van der Waals surface area contributed by atoms with Gasteiger partial charge in [-0.3, -0.25) is 4.99 Å². The summed E-state index contributed by atoms with van der Waals surface area (Å²) in [6.45, 7) is 4.99. The van der Waals surface area contributed by atoms with Crippen LogP contribution in [-0.4, -0.2) is 32.3 Å². The third kappa shape index (κ3) is 5.32. The first-order valence-corrected chi connectivity index (χ1v) is 8.97. The highest BCUT2D eigenvalue weighted by atomic mass is 16.5. The van der Waals surface area contributed by atoms with E-state index in [-0.39, 0.29) is 0 Å². The van der Waals surface area contributed by atoms with E-state index in [0.717, 1.165) is 42.3 Å². The lowest BCUT2D eigenvalue weighted by Gasteiger charge is -2.18. The van der Waals surface area contributed by atoms with E-state index in [1.54, 1.807) is 14.2 Å². The van der Waals surface area contributed by atoms with Crippen LogP contribution in [0.15, 0.2) is 23.2 Å². The van der Waals surface area contributed by atoms with Crippen molar-refractivity contribution in [2.75, 3.05) is 14.2 Å². The van der Waals surface area contributed by atoms with Crippen molar-refractivity contribution in [2.45, 2.75) is 64.6 Å². The molecule has 0 aromatic heterocycles. The van der Waals surface area contributed by atoms with Gasteiger partial charge in [-0.25, -0.2) is 0 Å². The molecule has 5 nitrogen and oxygen atoms in total. The molecule has 0 saturated heterocycles. The van der Waals surface area contributed by atoms with Gasteiger partial charge < -0.3 is 20.1 Å². The number of hydrogen-bond acceptors (Lipinski definition) is 3. The highest BCUT2D eigenvalue weighted by Gasteiger charge is 2.18. The van der Waals surface area contributed by atoms with E-state index in [1.807, 2.05) is 12.1 Å². The third-order valence-corrected chi connectivity index (χ3v) is 4.50. The maximum absolute atomic E-state index is 6.08. The number of hydrogen-bond donors (Lipinski definition) is 2. The summed E-state index contributed by atoms with van der Waals surface area (Å²) in [5, 5.41) is 6.70. The van der Waals surface area contributed by atoms with E-state index in [9.17, 15) is 0 Å². The molecule has 0 bridgehead atoms. The summed E-state index contributed by atoms with van der Waals surface area (Å²) in [5.74, 6) is 2.45. The normalized spacial score (nSPS) is 16.8. The molecule has 1 fully saturated rings. The van der Waals surface area contributed by atoms with Crippen molar-refractivity contribution in [3.05, 3.63) is 23.8 Å². The number of nitrogens with zero attached hydrogens (tertiary/aromatic N) is 1. The fourth-order valence-electron chi connectivity index (χ4n) is 2.82. The smallest absolute Gasteiger partial charge is 0.191 e. The molecule has 24 heavy (non-hydrogen) atoms. The predicted octanol–water partition coefficient (Wildman–Crippen LogP) is 3.48. The van der Waals surface area contributed by atoms with E-state index >= 15 is 0 Å². The summed E-state index contributed by atoms with van der Waals surface area (Å²) in [6, 6.07) is 6.52. The Balaban J connectivity index is 1.95. The van der Waals surface area contributed by atoms with Gasteiger partial charge in [-0.05, 0) is 56.7 Å². The Kier molecular flexibility index (Phi) is 7.22. The standard InChI is InChI=1S/C19H31N3O2/c1-5-14(2)22-19(20-3)21-13-15-10-11-17(18(12-15)23-4)24-16-8-6-7-9-16/h10-12,14,16H,5-9,13H2,1-4H3,(H2,20,21,22). The van der Waals surface area contributed by atoms with Gasteiger partial charge >= 0.3 is 0 Å². The summed E-state index contributed by atoms with van der Waals surface area (Å²) in [5.41, 5.74) is 1.14. The first-order valence-electron chi connectivity index (χ1n) is 8.97. The molecule has 2 rings (SSSR count). The second-order valence-electron chi connectivity index (χ2n) is 6.39. The molecular weight excluding hydrogens is 302 g/mol. The monoisotopic (exact) mass is 333 g/mol. The third-order valence-electron chi connectivity index (χ3n) is 4.50. The molecule has 0 spiro atoms. The van der Waals surface area contributed by atoms with Crippen LogP contribution < -0.4 is 20.1 Å². The zero-order valence-corrected chi connectivity index (χ0v) is 15.4. The lowest BCUT2D eigenvalue weighted by Crippen LogP contribution is -2.41. The van der Waals surface area contributed by atoms with Crippen LogP contribution in [-0.2, 0) is 6.54 Å². The molecule has 1 aliphatic rings. The Hall–Kier alpha value is -1.91. The molecule has 1 saturated carbocycles. The lowest BCUT2D eigenvalue weighted by molar-refractivity contribution is 0.200. The molecule has 1 atom stereocenters. The lowest BCUT2D eigenvalue weighted by atomic mass is 10.2. The van der Waals surface area contributed by atoms with Crippen LogP contribution in [0.25, 0.3) is 0 Å². The topological polar surface area (TPSA) is 54.9 Å². The SMILES string of the molecule is CCC(C)NC(=NC)NCc1ccc(OC2CCCC2)c(OC)c1. The maximum atomic E-state index is 6.08. The molecule has 1 aromatic carbocycles. The fourth-order valence-corrected chi connectivity index (χ4v) is 2.82. The summed E-state index contributed by atoms with van der Waals surface area (Å²) in [6.07, 6.45) is 6.20. The Morgan fingerprint density at radius 2 is 2.04 bits per heavy atom. The average Bonchev–Trinajstić information content (AvgIpc) is 3.12. The van der Waals surface area contributed by atoms with Crippen molar-refractivity contribution in [1.82, 2.24) is 10.6 Å². The van der Waals surface area contributed by atoms with Gasteiger partial charge in [0.05, 0.1) is 13.2 Å². The van der Waals surface area contributed by atoms with Crippen molar-refractivity contribution in [3.8, 4) is 11.5 Å². The molecule has 0 aliphatic heterocycles. The van der Waals surface area contributed by atoms with Gasteiger partial charge in [0.15, 0.2) is 17.5 Å². The Morgan fingerprint density at radius 3 is 2.67 bits per heavy atom. The number of ether oxygens (including phenoxy) is 2. The van der Waals surface area contributed by atoms with Gasteiger partial charge in [0, 0.05) is 19.6 Å². The van der Waals surface area contributed by atoms with E-state index in [1.165, 1.54) is 12.8 Å². The first-order chi connectivity index (χ1) is 11.7. The Morgan fingerprint density at radius 1 is 1.29 bits per heavy atom. The quantitative estimate of drug-likeness (QED) is 0.592. The molecule has 0 amide bonds. The highest BCUT2D eigenvalue weighted by Crippen LogP contribution is 2.32. The maximum Gasteiger partial charge on any atom is 0.191 e. The summed E-state index contributed by atoms with van der Waals surface area (Å²) < 4.78 is 11.6. The van der Waals surface area contributed by atoms with Crippen LogP contribution in [0.4, 0.5) is 0 Å². The molecule has 134 valence electrons. The number of benzene rings is 1. The van der Waals surface area contributed by atoms with Gasteiger partial charge in [-0.15, -0.1) is 0 Å². The number of methoxy groups -OCH3 is 1. The Labute approximate surface area is 145 Å². The minimum absolute atomic E-state index is 0.335. The summed E-state index contributed by atoms with van der Waals surface area (Å²) in [7, 11) is 3.48. The molecule has 5 heteroatoms. The molecule has 1 aliphatic carbocycles. The number of rotatable bonds is 7. The van der Waals surface area contributed by atoms with Crippen LogP contribution in [0.5, 0.6) is 11.5 Å². The zero-order chi connectivity index (χ0) is 17.4. The fraction of sp³-hybridized carbons (Fsp3) is 0.632. The first kappa shape index (κ1) is 18.4. The molecule has 0 heterocycles. The van der Waals surface area contributed by atoms with Crippen LogP contribution in [0.2, 0.25) is 0 Å². The van der Waals surface area contributed by atoms with Gasteiger partial charge in [-0.2, -0.15) is 0 Å². The van der Waals surface area contributed by atoms with Crippen LogP contribution in [0, 0.1) is 0 Å². The van der Waals surface area contributed by atoms with Crippen molar-refractivity contribution in [3.63, 3.8) is 0 Å². The number of nitrogens with one attached hydrogen (secondary N) is 2. The largest absolute Gasteiger partial charge is 0.493 e. The van der Waals surface area contributed by atoms with Crippen LogP contribution >= 0.6 is 0 Å². The summed E-state index contributed by atoms with van der Waals surface area (Å²) in [4.78, 5) is 4.26. The van der Waals surface area contributed by atoms with Crippen molar-refractivity contribution in [1.29, 1.82) is 0 Å². The van der Waals surface area contributed by atoms with Crippen LogP contribution in [0.1, 0.15) is 51.5 Å². The van der Waals surface area contributed by atoms with E-state index in [0.29, 0.717) is 18.7 Å². The molecular formula is C19H31N3O2. The predicted molar refractivity (Wildman–Crippen MR) is 99.0 cm³/mol. The molecule has 2 N–H and O–H groups in total. The van der Waals surface area contributed by atoms with Crippen LogP contribution in [0.3, 0.4) is 0 Å². The minimum Gasteiger partial charge on any atom is -0.493 e. The van der Waals surface area contributed by atoms with Gasteiger partial charge in [0.1, 0.15) is 0 Å². The van der Waals surface area contributed by atoms with E-state index in [2.05, 4.69) is 35.5 Å². The molecule has 1 unspecified atom stereocenters. The van der Waals surface area contributed by atoms with Crippen molar-refractivity contribution < 1.29 is 9.47 Å². The van der Waals surface area contributed by atoms with Gasteiger partial charge in [0.25, 0.3) is 0 Å². The van der Waals surface area contributed by atoms with Crippen molar-refractivity contribution in [2.24, 2.45) is 4.99 Å². The second kappa shape index (κ2) is 9.40. The van der Waals surface area contributed by atoms with E-state index in [4.69, 9.17) is 9.47 Å². The zero-order valence-electron chi connectivity index (χ0n) is 15.4. The van der Waals surface area contributed by atoms with Crippen molar-refractivity contribution >= 4 is 5.96 Å². The average molecular weight is 333 g/mol. The van der Waals surface area contributed by atoms with E-state index < -0.39 is 0 Å². The van der Waals surface area contributed by atoms with Gasteiger partial charge in [0.2, 0.25) is 0 Å². The van der Waals surface area contributed by atoms with Gasteiger partial charge in [-0.1, -0.05) is 13.0 Å². The molecule has 0 radical (unpaired) electrons. The Bertz CT molecular complexity index is 539. The summed E-state index contributed by atoms with van der Waals surface area (Å²) >= 11 is 0. The number of aliphatic imine (C=N–C) groups is 1. The second-order valence-corrected chi connectivity index (χ2v) is 6.39. The minimum atomic E-state index is 0.335. The number of guanidine groups is 1. The molecule has 1 aromatic rings.